The van der Waals surface area contributed by atoms with Gasteiger partial charge in [-0.05, 0) is 29.6 Å². The highest BCUT2D eigenvalue weighted by Crippen LogP contribution is 2.32. The number of hydrogen-bond donors (Lipinski definition) is 2. The second-order valence-corrected chi connectivity index (χ2v) is 5.68. The Kier molecular flexibility index (Phi) is 2.58. The Morgan fingerprint density at radius 1 is 1.24 bits per heavy atom. The van der Waals surface area contributed by atoms with Crippen LogP contribution in [0.25, 0.3) is 32.5 Å². The van der Waals surface area contributed by atoms with E-state index >= 15 is 0 Å². The van der Waals surface area contributed by atoms with Crippen LogP contribution in [0.5, 0.6) is 5.75 Å². The second kappa shape index (κ2) is 4.46. The van der Waals surface area contributed by atoms with Crippen molar-refractivity contribution in [1.29, 1.82) is 0 Å². The number of thiophene rings is 1. The van der Waals surface area contributed by atoms with Crippen LogP contribution in [0.1, 0.15) is 6.92 Å². The van der Waals surface area contributed by atoms with Crippen molar-refractivity contribution in [1.82, 2.24) is 15.2 Å². The average Bonchev–Trinajstić information content (AvgIpc) is 3.10. The summed E-state index contributed by atoms with van der Waals surface area (Å²) in [7, 11) is 0. The quantitative estimate of drug-likeness (QED) is 0.438. The molecule has 104 valence electrons. The molecule has 3 heterocycles. The number of carbonyl (C=O) groups excluding carboxylic acids is 1. The highest BCUT2D eigenvalue weighted by Gasteiger charge is 2.12. The largest absolute Gasteiger partial charge is 0.427 e. The second-order valence-electron chi connectivity index (χ2n) is 4.76. The summed E-state index contributed by atoms with van der Waals surface area (Å²) in [6.07, 6.45) is 0. The third-order valence-electron chi connectivity index (χ3n) is 3.28. The first-order valence-electron chi connectivity index (χ1n) is 6.44. The van der Waals surface area contributed by atoms with E-state index in [2.05, 4.69) is 15.2 Å². The monoisotopic (exact) mass is 297 g/mol. The molecular formula is C15H11N3O2S. The minimum atomic E-state index is -0.325. The Morgan fingerprint density at radius 3 is 3.00 bits per heavy atom. The molecule has 0 amide bonds. The fraction of sp³-hybridized carbons (Fsp3) is 0.0667. The van der Waals surface area contributed by atoms with Gasteiger partial charge in [-0.3, -0.25) is 9.89 Å². The van der Waals surface area contributed by atoms with Crippen molar-refractivity contribution in [3.05, 3.63) is 35.7 Å². The maximum atomic E-state index is 11.0. The van der Waals surface area contributed by atoms with Crippen molar-refractivity contribution in [3.8, 4) is 17.1 Å². The molecule has 0 saturated heterocycles. The number of hydrogen-bond acceptors (Lipinski definition) is 4. The molecule has 2 N–H and O–H groups in total. The van der Waals surface area contributed by atoms with E-state index in [4.69, 9.17) is 4.74 Å². The van der Waals surface area contributed by atoms with Gasteiger partial charge < -0.3 is 9.72 Å². The Hall–Kier alpha value is -2.60. The topological polar surface area (TPSA) is 70.8 Å². The molecule has 21 heavy (non-hydrogen) atoms. The van der Waals surface area contributed by atoms with Gasteiger partial charge in [0.25, 0.3) is 0 Å². The summed E-state index contributed by atoms with van der Waals surface area (Å²) >= 11 is 1.65. The standard InChI is InChI=1S/C15H11N3O2S/c1-8(19)20-10-3-2-9-6-13(16-12(9)7-10)14-15-11(17-18-14)4-5-21-15/h2-7,16H,1H3,(H,17,18). The van der Waals surface area contributed by atoms with Gasteiger partial charge in [0.1, 0.15) is 11.4 Å². The normalized spacial score (nSPS) is 11.3. The first kappa shape index (κ1) is 12.2. The van der Waals surface area contributed by atoms with Crippen molar-refractivity contribution in [3.63, 3.8) is 0 Å². The molecule has 0 radical (unpaired) electrons. The summed E-state index contributed by atoms with van der Waals surface area (Å²) in [5, 5.41) is 10.5. The summed E-state index contributed by atoms with van der Waals surface area (Å²) in [4.78, 5) is 14.3. The number of aromatic amines is 2. The molecule has 0 spiro atoms. The van der Waals surface area contributed by atoms with E-state index in [0.717, 1.165) is 32.5 Å². The lowest BCUT2D eigenvalue weighted by Crippen LogP contribution is -2.00. The molecule has 0 saturated carbocycles. The summed E-state index contributed by atoms with van der Waals surface area (Å²) in [5.41, 5.74) is 3.80. The maximum Gasteiger partial charge on any atom is 0.308 e. The van der Waals surface area contributed by atoms with Gasteiger partial charge in [0, 0.05) is 23.9 Å². The molecule has 0 aliphatic heterocycles. The van der Waals surface area contributed by atoms with Gasteiger partial charge in [-0.2, -0.15) is 5.10 Å². The summed E-state index contributed by atoms with van der Waals surface area (Å²) in [6, 6.07) is 9.58. The minimum absolute atomic E-state index is 0.325. The number of H-pyrrole nitrogens is 2. The number of benzene rings is 1. The van der Waals surface area contributed by atoms with Crippen LogP contribution in [-0.4, -0.2) is 21.2 Å². The number of ether oxygens (including phenoxy) is 1. The van der Waals surface area contributed by atoms with Gasteiger partial charge in [0.15, 0.2) is 0 Å². The van der Waals surface area contributed by atoms with Gasteiger partial charge in [-0.25, -0.2) is 0 Å². The lowest BCUT2D eigenvalue weighted by atomic mass is 10.2. The predicted molar refractivity (Wildman–Crippen MR) is 82.6 cm³/mol. The van der Waals surface area contributed by atoms with E-state index in [1.54, 1.807) is 17.4 Å². The van der Waals surface area contributed by atoms with Crippen molar-refractivity contribution < 1.29 is 9.53 Å². The smallest absolute Gasteiger partial charge is 0.308 e. The number of fused-ring (bicyclic) bond motifs is 2. The Labute approximate surface area is 123 Å². The van der Waals surface area contributed by atoms with Gasteiger partial charge >= 0.3 is 5.97 Å². The molecule has 4 aromatic rings. The lowest BCUT2D eigenvalue weighted by molar-refractivity contribution is -0.131. The molecular weight excluding hydrogens is 286 g/mol. The average molecular weight is 297 g/mol. The van der Waals surface area contributed by atoms with Crippen molar-refractivity contribution in [2.45, 2.75) is 6.92 Å². The molecule has 0 aliphatic carbocycles. The highest BCUT2D eigenvalue weighted by atomic mass is 32.1. The van der Waals surface area contributed by atoms with E-state index in [1.165, 1.54) is 6.92 Å². The molecule has 6 heteroatoms. The molecule has 3 aromatic heterocycles. The van der Waals surface area contributed by atoms with E-state index in [9.17, 15) is 4.79 Å². The summed E-state index contributed by atoms with van der Waals surface area (Å²) in [5.74, 6) is 0.209. The van der Waals surface area contributed by atoms with Crippen LogP contribution >= 0.6 is 11.3 Å². The molecule has 0 atom stereocenters. The van der Waals surface area contributed by atoms with E-state index < -0.39 is 0 Å². The molecule has 1 aromatic carbocycles. The fourth-order valence-electron chi connectivity index (χ4n) is 2.39. The number of carbonyl (C=O) groups is 1. The number of esters is 1. The number of rotatable bonds is 2. The number of nitrogens with zero attached hydrogens (tertiary/aromatic N) is 1. The van der Waals surface area contributed by atoms with Crippen LogP contribution in [0.3, 0.4) is 0 Å². The molecule has 0 unspecified atom stereocenters. The zero-order valence-corrected chi connectivity index (χ0v) is 12.0. The predicted octanol–water partition coefficient (Wildman–Crippen LogP) is 3.70. The number of nitrogens with one attached hydrogen (secondary N) is 2. The summed E-state index contributed by atoms with van der Waals surface area (Å²) in [6.45, 7) is 1.39. The Balaban J connectivity index is 1.83. The first-order chi connectivity index (χ1) is 10.2. The molecule has 0 aliphatic rings. The zero-order chi connectivity index (χ0) is 14.4. The van der Waals surface area contributed by atoms with E-state index in [-0.39, 0.29) is 5.97 Å². The van der Waals surface area contributed by atoms with Gasteiger partial charge in [-0.1, -0.05) is 0 Å². The zero-order valence-electron chi connectivity index (χ0n) is 11.1. The van der Waals surface area contributed by atoms with Crippen LogP contribution < -0.4 is 4.74 Å². The summed E-state index contributed by atoms with van der Waals surface area (Å²) < 4.78 is 6.23. The van der Waals surface area contributed by atoms with Crippen LogP contribution in [0.4, 0.5) is 0 Å². The third kappa shape index (κ3) is 2.00. The van der Waals surface area contributed by atoms with Crippen LogP contribution in [0.15, 0.2) is 35.7 Å². The van der Waals surface area contributed by atoms with Crippen LogP contribution in [0.2, 0.25) is 0 Å². The van der Waals surface area contributed by atoms with Crippen molar-refractivity contribution >= 4 is 38.4 Å². The lowest BCUT2D eigenvalue weighted by Gasteiger charge is -1.99. The van der Waals surface area contributed by atoms with E-state index in [1.807, 2.05) is 29.6 Å². The first-order valence-corrected chi connectivity index (χ1v) is 7.32. The minimum Gasteiger partial charge on any atom is -0.427 e. The Bertz CT molecular complexity index is 964. The maximum absolute atomic E-state index is 11.0. The molecule has 4 rings (SSSR count). The van der Waals surface area contributed by atoms with Crippen LogP contribution in [-0.2, 0) is 4.79 Å². The Morgan fingerprint density at radius 2 is 2.14 bits per heavy atom. The van der Waals surface area contributed by atoms with Crippen molar-refractivity contribution in [2.75, 3.05) is 0 Å². The highest BCUT2D eigenvalue weighted by molar-refractivity contribution is 7.17. The van der Waals surface area contributed by atoms with Crippen molar-refractivity contribution in [2.24, 2.45) is 0 Å². The van der Waals surface area contributed by atoms with Gasteiger partial charge in [0.2, 0.25) is 0 Å². The molecule has 0 bridgehead atoms. The van der Waals surface area contributed by atoms with E-state index in [0.29, 0.717) is 5.75 Å². The van der Waals surface area contributed by atoms with Crippen LogP contribution in [0, 0.1) is 0 Å². The third-order valence-corrected chi connectivity index (χ3v) is 4.20. The number of aromatic nitrogens is 3. The SMILES string of the molecule is CC(=O)Oc1ccc2cc(-c3n[nH]c4ccsc34)[nH]c2c1. The van der Waals surface area contributed by atoms with Gasteiger partial charge in [0.05, 0.1) is 15.9 Å². The molecule has 5 nitrogen and oxygen atoms in total. The van der Waals surface area contributed by atoms with Gasteiger partial charge in [-0.15, -0.1) is 11.3 Å². The molecule has 0 fully saturated rings. The fourth-order valence-corrected chi connectivity index (χ4v) is 3.24.